The second-order valence-electron chi connectivity index (χ2n) is 4.25. The Morgan fingerprint density at radius 3 is 2.65 bits per heavy atom. The van der Waals surface area contributed by atoms with Crippen molar-refractivity contribution in [3.05, 3.63) is 42.5 Å². The molecule has 0 aliphatic heterocycles. The average Bonchev–Trinajstić information content (AvgIpc) is 2.28. The maximum Gasteiger partial charge on any atom is 0.221 e. The van der Waals surface area contributed by atoms with Gasteiger partial charge in [0, 0.05) is 11.7 Å². The molecule has 1 unspecified atom stereocenters. The van der Waals surface area contributed by atoms with Gasteiger partial charge in [0.2, 0.25) is 5.91 Å². The fraction of sp³-hybridized carbons (Fsp3) is 0.357. The van der Waals surface area contributed by atoms with E-state index in [0.717, 1.165) is 24.1 Å². The van der Waals surface area contributed by atoms with Gasteiger partial charge in [-0.1, -0.05) is 18.2 Å². The zero-order chi connectivity index (χ0) is 12.7. The van der Waals surface area contributed by atoms with Crippen LogP contribution in [0.5, 0.6) is 0 Å². The Kier molecular flexibility index (Phi) is 5.27. The molecule has 1 amide bonds. The molecule has 1 aromatic rings. The van der Waals surface area contributed by atoms with Crippen molar-refractivity contribution in [3.8, 4) is 0 Å². The Morgan fingerprint density at radius 2 is 2.12 bits per heavy atom. The van der Waals surface area contributed by atoms with E-state index in [1.165, 1.54) is 0 Å². The fourth-order valence-corrected chi connectivity index (χ4v) is 1.64. The number of anilines is 1. The summed E-state index contributed by atoms with van der Waals surface area (Å²) in [6.07, 6.45) is 4.29. The summed E-state index contributed by atoms with van der Waals surface area (Å²) in [5.41, 5.74) is 7.14. The number of hydrogen-bond donors (Lipinski definition) is 2. The minimum atomic E-state index is -0.301. The molecule has 0 aromatic heterocycles. The molecule has 1 aromatic carbocycles. The summed E-state index contributed by atoms with van der Waals surface area (Å²) in [5.74, 6) is -0.301. The Hall–Kier alpha value is -1.77. The van der Waals surface area contributed by atoms with Gasteiger partial charge in [-0.15, -0.1) is 6.58 Å². The first-order chi connectivity index (χ1) is 8.11. The quantitative estimate of drug-likeness (QED) is 0.710. The maximum atomic E-state index is 10.7. The zero-order valence-electron chi connectivity index (χ0n) is 10.3. The van der Waals surface area contributed by atoms with Crippen LogP contribution in [0.4, 0.5) is 5.69 Å². The molecule has 92 valence electrons. The highest BCUT2D eigenvalue weighted by molar-refractivity contribution is 5.76. The van der Waals surface area contributed by atoms with Crippen LogP contribution >= 0.6 is 0 Å². The van der Waals surface area contributed by atoms with Gasteiger partial charge >= 0.3 is 0 Å². The predicted octanol–water partition coefficient (Wildman–Crippen LogP) is 2.48. The number of carbonyl (C=O) groups excluding carboxylic acids is 1. The Bertz CT molecular complexity index is 370. The number of nitrogens with one attached hydrogen (secondary N) is 1. The van der Waals surface area contributed by atoms with E-state index in [4.69, 9.17) is 5.73 Å². The van der Waals surface area contributed by atoms with Gasteiger partial charge < -0.3 is 11.1 Å². The van der Waals surface area contributed by atoms with Gasteiger partial charge in [-0.05, 0) is 37.5 Å². The van der Waals surface area contributed by atoms with Crippen LogP contribution in [0.2, 0.25) is 0 Å². The fourth-order valence-electron chi connectivity index (χ4n) is 1.64. The van der Waals surface area contributed by atoms with Crippen LogP contribution in [0.15, 0.2) is 36.9 Å². The summed E-state index contributed by atoms with van der Waals surface area (Å²) >= 11 is 0. The predicted molar refractivity (Wildman–Crippen MR) is 71.9 cm³/mol. The smallest absolute Gasteiger partial charge is 0.221 e. The first-order valence-corrected chi connectivity index (χ1v) is 5.86. The maximum absolute atomic E-state index is 10.7. The second-order valence-corrected chi connectivity index (χ2v) is 4.25. The molecule has 3 N–H and O–H groups in total. The zero-order valence-corrected chi connectivity index (χ0v) is 10.3. The van der Waals surface area contributed by atoms with E-state index < -0.39 is 0 Å². The van der Waals surface area contributed by atoms with Crippen LogP contribution in [-0.2, 0) is 11.2 Å². The molecule has 0 heterocycles. The number of hydrogen-bond acceptors (Lipinski definition) is 2. The number of rotatable bonds is 7. The van der Waals surface area contributed by atoms with Crippen molar-refractivity contribution in [3.63, 3.8) is 0 Å². The third kappa shape index (κ3) is 5.20. The van der Waals surface area contributed by atoms with Crippen LogP contribution in [0, 0.1) is 0 Å². The highest BCUT2D eigenvalue weighted by Gasteiger charge is 2.02. The summed E-state index contributed by atoms with van der Waals surface area (Å²) in [6, 6.07) is 8.21. The third-order valence-electron chi connectivity index (χ3n) is 2.55. The molecule has 0 saturated heterocycles. The molecular weight excluding hydrogens is 212 g/mol. The summed E-state index contributed by atoms with van der Waals surface area (Å²) in [6.45, 7) is 5.85. The standard InChI is InChI=1S/C14H20N2O/c1-3-4-5-11(2)16-13-8-6-12(7-9-13)10-14(15)17/h3,6-9,11,16H,1,4-5,10H2,2H3,(H2,15,17). The Labute approximate surface area is 103 Å². The topological polar surface area (TPSA) is 55.1 Å². The normalized spacial score (nSPS) is 11.8. The van der Waals surface area contributed by atoms with Gasteiger partial charge in [0.05, 0.1) is 6.42 Å². The van der Waals surface area contributed by atoms with E-state index in [9.17, 15) is 4.79 Å². The molecule has 0 bridgehead atoms. The highest BCUT2D eigenvalue weighted by Crippen LogP contribution is 2.12. The lowest BCUT2D eigenvalue weighted by Crippen LogP contribution is -2.15. The Morgan fingerprint density at radius 1 is 1.47 bits per heavy atom. The molecule has 0 radical (unpaired) electrons. The molecule has 0 spiro atoms. The summed E-state index contributed by atoms with van der Waals surface area (Å²) in [7, 11) is 0. The first kappa shape index (κ1) is 13.3. The first-order valence-electron chi connectivity index (χ1n) is 5.86. The SMILES string of the molecule is C=CCCC(C)Nc1ccc(CC(N)=O)cc1. The van der Waals surface area contributed by atoms with Crippen LogP contribution in [0.3, 0.4) is 0 Å². The number of primary amides is 1. The van der Waals surface area contributed by atoms with Gasteiger partial charge in [-0.25, -0.2) is 0 Å². The lowest BCUT2D eigenvalue weighted by atomic mass is 10.1. The number of carbonyl (C=O) groups is 1. The summed E-state index contributed by atoms with van der Waals surface area (Å²) in [5, 5.41) is 3.39. The average molecular weight is 232 g/mol. The molecule has 0 aliphatic carbocycles. The van der Waals surface area contributed by atoms with Gasteiger partial charge in [0.15, 0.2) is 0 Å². The van der Waals surface area contributed by atoms with Crippen LogP contribution in [0.25, 0.3) is 0 Å². The minimum absolute atomic E-state index is 0.298. The number of allylic oxidation sites excluding steroid dienone is 1. The van der Waals surface area contributed by atoms with Crippen molar-refractivity contribution in [2.24, 2.45) is 5.73 Å². The number of nitrogens with two attached hydrogens (primary N) is 1. The molecule has 3 nitrogen and oxygen atoms in total. The second kappa shape index (κ2) is 6.74. The van der Waals surface area contributed by atoms with E-state index >= 15 is 0 Å². The highest BCUT2D eigenvalue weighted by atomic mass is 16.1. The summed E-state index contributed by atoms with van der Waals surface area (Å²) in [4.78, 5) is 10.7. The molecule has 17 heavy (non-hydrogen) atoms. The largest absolute Gasteiger partial charge is 0.383 e. The molecule has 1 rings (SSSR count). The molecule has 0 fully saturated rings. The van der Waals surface area contributed by atoms with Crippen molar-refractivity contribution >= 4 is 11.6 Å². The van der Waals surface area contributed by atoms with Gasteiger partial charge in [-0.3, -0.25) is 4.79 Å². The third-order valence-corrected chi connectivity index (χ3v) is 2.55. The van der Waals surface area contributed by atoms with E-state index in [2.05, 4.69) is 18.8 Å². The molecule has 0 saturated carbocycles. The van der Waals surface area contributed by atoms with Crippen molar-refractivity contribution in [1.29, 1.82) is 0 Å². The van der Waals surface area contributed by atoms with Crippen molar-refractivity contribution < 1.29 is 4.79 Å². The van der Waals surface area contributed by atoms with E-state index in [1.54, 1.807) is 0 Å². The van der Waals surface area contributed by atoms with Gasteiger partial charge in [-0.2, -0.15) is 0 Å². The van der Waals surface area contributed by atoms with Crippen molar-refractivity contribution in [2.75, 3.05) is 5.32 Å². The van der Waals surface area contributed by atoms with Crippen molar-refractivity contribution in [2.45, 2.75) is 32.2 Å². The molecule has 1 atom stereocenters. The van der Waals surface area contributed by atoms with E-state index in [0.29, 0.717) is 12.5 Å². The number of amides is 1. The molecular formula is C14H20N2O. The van der Waals surface area contributed by atoms with E-state index in [1.807, 2.05) is 30.3 Å². The van der Waals surface area contributed by atoms with Crippen LogP contribution < -0.4 is 11.1 Å². The lowest BCUT2D eigenvalue weighted by Gasteiger charge is -2.14. The molecule has 3 heteroatoms. The van der Waals surface area contributed by atoms with Gasteiger partial charge in [0.25, 0.3) is 0 Å². The molecule has 0 aliphatic rings. The monoisotopic (exact) mass is 232 g/mol. The minimum Gasteiger partial charge on any atom is -0.383 e. The van der Waals surface area contributed by atoms with Gasteiger partial charge in [0.1, 0.15) is 0 Å². The lowest BCUT2D eigenvalue weighted by molar-refractivity contribution is -0.117. The Balaban J connectivity index is 2.49. The van der Waals surface area contributed by atoms with E-state index in [-0.39, 0.29) is 5.91 Å². The number of benzene rings is 1. The van der Waals surface area contributed by atoms with Crippen LogP contribution in [-0.4, -0.2) is 11.9 Å². The van der Waals surface area contributed by atoms with Crippen molar-refractivity contribution in [1.82, 2.24) is 0 Å². The summed E-state index contributed by atoms with van der Waals surface area (Å²) < 4.78 is 0. The van der Waals surface area contributed by atoms with Crippen LogP contribution in [0.1, 0.15) is 25.3 Å².